The van der Waals surface area contributed by atoms with Crippen molar-refractivity contribution in [2.24, 2.45) is 0 Å². The molecule has 0 aliphatic heterocycles. The van der Waals surface area contributed by atoms with Crippen molar-refractivity contribution >= 4 is 38.6 Å². The highest BCUT2D eigenvalue weighted by Gasteiger charge is 2.20. The molecule has 8 aromatic rings. The monoisotopic (exact) mass is 599 g/mol. The Morgan fingerprint density at radius 1 is 0.298 bits per heavy atom. The second kappa shape index (κ2) is 11.5. The van der Waals surface area contributed by atoms with Crippen LogP contribution in [0.2, 0.25) is 0 Å². The van der Waals surface area contributed by atoms with Gasteiger partial charge in [-0.25, -0.2) is 0 Å². The van der Waals surface area contributed by atoms with Gasteiger partial charge in [-0.2, -0.15) is 0 Å². The SMILES string of the molecule is c1ccc(N(c2ccc3c(c2)Cc2ccccc2-c2ccccc2Cc2ccccc2-3)c2ccc3c(ccc4ccccc43)c2)cc1. The molecule has 47 heavy (non-hydrogen) atoms. The molecule has 1 heteroatoms. The van der Waals surface area contributed by atoms with E-state index in [0.717, 1.165) is 29.9 Å². The van der Waals surface area contributed by atoms with E-state index in [-0.39, 0.29) is 0 Å². The van der Waals surface area contributed by atoms with Crippen molar-refractivity contribution in [3.05, 3.63) is 198 Å². The molecule has 0 bridgehead atoms. The van der Waals surface area contributed by atoms with Crippen molar-refractivity contribution in [2.75, 3.05) is 4.90 Å². The summed E-state index contributed by atoms with van der Waals surface area (Å²) in [5.41, 5.74) is 14.1. The smallest absolute Gasteiger partial charge is 0.0468 e. The topological polar surface area (TPSA) is 3.24 Å². The summed E-state index contributed by atoms with van der Waals surface area (Å²) >= 11 is 0. The summed E-state index contributed by atoms with van der Waals surface area (Å²) in [7, 11) is 0. The fraction of sp³-hybridized carbons (Fsp3) is 0.0435. The maximum atomic E-state index is 2.42. The number of nitrogens with zero attached hydrogens (tertiary/aromatic N) is 1. The van der Waals surface area contributed by atoms with E-state index < -0.39 is 0 Å². The summed E-state index contributed by atoms with van der Waals surface area (Å²) in [6, 6.07) is 64.7. The molecule has 1 nitrogen and oxygen atoms in total. The molecular weight excluding hydrogens is 567 g/mol. The van der Waals surface area contributed by atoms with E-state index >= 15 is 0 Å². The molecule has 0 N–H and O–H groups in total. The van der Waals surface area contributed by atoms with Gasteiger partial charge in [0.1, 0.15) is 0 Å². The van der Waals surface area contributed by atoms with E-state index in [1.165, 1.54) is 66.1 Å². The molecule has 0 radical (unpaired) electrons. The fourth-order valence-electron chi connectivity index (χ4n) is 7.51. The molecular formula is C46H33N. The van der Waals surface area contributed by atoms with Crippen LogP contribution in [0.5, 0.6) is 0 Å². The van der Waals surface area contributed by atoms with Gasteiger partial charge in [0, 0.05) is 17.1 Å². The van der Waals surface area contributed by atoms with Gasteiger partial charge in [-0.1, -0.05) is 140 Å². The minimum absolute atomic E-state index is 0.842. The number of para-hydroxylation sites is 1. The molecule has 0 spiro atoms. The Morgan fingerprint density at radius 2 is 0.787 bits per heavy atom. The lowest BCUT2D eigenvalue weighted by Gasteiger charge is -2.28. The number of hydrogen-bond donors (Lipinski definition) is 0. The number of anilines is 3. The summed E-state index contributed by atoms with van der Waals surface area (Å²) in [5, 5.41) is 5.07. The largest absolute Gasteiger partial charge is 0.310 e. The summed E-state index contributed by atoms with van der Waals surface area (Å²) in [4.78, 5) is 2.40. The van der Waals surface area contributed by atoms with E-state index in [1.54, 1.807) is 0 Å². The Morgan fingerprint density at radius 3 is 1.49 bits per heavy atom. The highest BCUT2D eigenvalue weighted by Crippen LogP contribution is 2.42. The zero-order chi connectivity index (χ0) is 31.2. The van der Waals surface area contributed by atoms with Gasteiger partial charge < -0.3 is 4.90 Å². The van der Waals surface area contributed by atoms with Crippen molar-refractivity contribution in [2.45, 2.75) is 12.8 Å². The van der Waals surface area contributed by atoms with Gasteiger partial charge >= 0.3 is 0 Å². The van der Waals surface area contributed by atoms with Gasteiger partial charge in [0.2, 0.25) is 0 Å². The molecule has 9 rings (SSSR count). The maximum absolute atomic E-state index is 2.42. The zero-order valence-corrected chi connectivity index (χ0v) is 26.1. The van der Waals surface area contributed by atoms with Crippen LogP contribution in [0.4, 0.5) is 17.1 Å². The summed E-state index contributed by atoms with van der Waals surface area (Å²) in [6.07, 6.45) is 1.73. The molecule has 0 amide bonds. The number of fused-ring (bicyclic) bond motifs is 9. The maximum Gasteiger partial charge on any atom is 0.0468 e. The van der Waals surface area contributed by atoms with E-state index in [2.05, 4.69) is 181 Å². The van der Waals surface area contributed by atoms with Crippen LogP contribution in [0.3, 0.4) is 0 Å². The van der Waals surface area contributed by atoms with Crippen LogP contribution < -0.4 is 4.90 Å². The third-order valence-electron chi connectivity index (χ3n) is 9.74. The third-order valence-corrected chi connectivity index (χ3v) is 9.74. The van der Waals surface area contributed by atoms with Crippen LogP contribution in [-0.4, -0.2) is 0 Å². The molecule has 222 valence electrons. The first kappa shape index (κ1) is 27.4. The molecule has 0 aromatic heterocycles. The Balaban J connectivity index is 1.25. The average Bonchev–Trinajstić information content (AvgIpc) is 3.13. The lowest BCUT2D eigenvalue weighted by Crippen LogP contribution is -2.11. The fourth-order valence-corrected chi connectivity index (χ4v) is 7.51. The summed E-state index contributed by atoms with van der Waals surface area (Å²) < 4.78 is 0. The van der Waals surface area contributed by atoms with Gasteiger partial charge in [-0.05, 0) is 115 Å². The average molecular weight is 600 g/mol. The Kier molecular flexibility index (Phi) is 6.68. The van der Waals surface area contributed by atoms with Gasteiger partial charge in [0.25, 0.3) is 0 Å². The first-order valence-electron chi connectivity index (χ1n) is 16.4. The predicted molar refractivity (Wildman–Crippen MR) is 199 cm³/mol. The predicted octanol–water partition coefficient (Wildman–Crippen LogP) is 12.3. The lowest BCUT2D eigenvalue weighted by molar-refractivity contribution is 1.14. The van der Waals surface area contributed by atoms with Crippen LogP contribution in [0.25, 0.3) is 43.8 Å². The molecule has 8 aromatic carbocycles. The number of rotatable bonds is 3. The van der Waals surface area contributed by atoms with Crippen LogP contribution in [0, 0.1) is 0 Å². The standard InChI is InChI=1S/C46H33N/c1-2-16-38(17-3-1)47(39-24-26-45-36(30-39)23-22-32-12-4-8-18-41(32)45)40-25-27-46-37(31-40)29-35-15-7-10-20-43(35)42-19-9-5-13-33(42)28-34-14-6-11-21-44(34)46/h1-27,30-31H,28-29H2. The van der Waals surface area contributed by atoms with Crippen LogP contribution >= 0.6 is 0 Å². The van der Waals surface area contributed by atoms with Crippen molar-refractivity contribution < 1.29 is 0 Å². The second-order valence-corrected chi connectivity index (χ2v) is 12.5. The Hall–Kier alpha value is -5.92. The molecule has 0 atom stereocenters. The summed E-state index contributed by atoms with van der Waals surface area (Å²) in [6.45, 7) is 0. The molecule has 1 aliphatic rings. The molecule has 0 saturated heterocycles. The second-order valence-electron chi connectivity index (χ2n) is 12.5. The van der Waals surface area contributed by atoms with Crippen LogP contribution in [0.15, 0.2) is 176 Å². The molecule has 0 saturated carbocycles. The van der Waals surface area contributed by atoms with E-state index in [9.17, 15) is 0 Å². The number of benzene rings is 8. The van der Waals surface area contributed by atoms with Gasteiger partial charge in [-0.15, -0.1) is 0 Å². The zero-order valence-electron chi connectivity index (χ0n) is 26.1. The van der Waals surface area contributed by atoms with Gasteiger partial charge in [0.15, 0.2) is 0 Å². The van der Waals surface area contributed by atoms with E-state index in [0.29, 0.717) is 0 Å². The molecule has 0 heterocycles. The van der Waals surface area contributed by atoms with E-state index in [1.807, 2.05) is 0 Å². The first-order valence-corrected chi connectivity index (χ1v) is 16.4. The van der Waals surface area contributed by atoms with Gasteiger partial charge in [-0.3, -0.25) is 0 Å². The molecule has 0 fully saturated rings. The Bertz CT molecular complexity index is 2420. The van der Waals surface area contributed by atoms with Gasteiger partial charge in [0.05, 0.1) is 0 Å². The first-order chi connectivity index (χ1) is 23.3. The third kappa shape index (κ3) is 4.88. The van der Waals surface area contributed by atoms with Crippen molar-refractivity contribution in [1.29, 1.82) is 0 Å². The number of hydrogen-bond acceptors (Lipinski definition) is 1. The van der Waals surface area contributed by atoms with Crippen molar-refractivity contribution in [3.8, 4) is 22.3 Å². The minimum atomic E-state index is 0.842. The highest BCUT2D eigenvalue weighted by atomic mass is 15.1. The summed E-state index contributed by atoms with van der Waals surface area (Å²) in [5.74, 6) is 0. The van der Waals surface area contributed by atoms with Crippen LogP contribution in [-0.2, 0) is 12.8 Å². The lowest BCUT2D eigenvalue weighted by atomic mass is 9.84. The normalized spacial score (nSPS) is 12.1. The molecule has 1 aliphatic carbocycles. The highest BCUT2D eigenvalue weighted by molar-refractivity contribution is 6.08. The molecule has 0 unspecified atom stereocenters. The van der Waals surface area contributed by atoms with Crippen LogP contribution in [0.1, 0.15) is 22.3 Å². The Labute approximate surface area is 276 Å². The minimum Gasteiger partial charge on any atom is -0.310 e. The van der Waals surface area contributed by atoms with E-state index in [4.69, 9.17) is 0 Å². The van der Waals surface area contributed by atoms with Crippen molar-refractivity contribution in [3.63, 3.8) is 0 Å². The quantitative estimate of drug-likeness (QED) is 0.183. The van der Waals surface area contributed by atoms with Crippen molar-refractivity contribution in [1.82, 2.24) is 0 Å².